The molecule has 4 heteroatoms. The summed E-state index contributed by atoms with van der Waals surface area (Å²) in [6.45, 7) is 8.00. The molecule has 0 aliphatic carbocycles. The van der Waals surface area contributed by atoms with Gasteiger partial charge in [0.2, 0.25) is 0 Å². The van der Waals surface area contributed by atoms with Crippen LogP contribution in [0, 0.1) is 14.9 Å². The van der Waals surface area contributed by atoms with Gasteiger partial charge in [-0.1, -0.05) is 100 Å². The van der Waals surface area contributed by atoms with Gasteiger partial charge >= 0.3 is 32.9 Å². The van der Waals surface area contributed by atoms with Crippen LogP contribution in [0.1, 0.15) is 27.7 Å². The summed E-state index contributed by atoms with van der Waals surface area (Å²) in [5.41, 5.74) is 0. The first-order valence-corrected chi connectivity index (χ1v) is 8.29. The Labute approximate surface area is 172 Å². The number of rotatable bonds is 0. The van der Waals surface area contributed by atoms with Crippen molar-refractivity contribution in [3.8, 4) is 0 Å². The first-order valence-electron chi connectivity index (χ1n) is 7.71. The van der Waals surface area contributed by atoms with Crippen LogP contribution in [0.2, 0.25) is 0 Å². The summed E-state index contributed by atoms with van der Waals surface area (Å²) in [6, 6.07) is 24.0. The summed E-state index contributed by atoms with van der Waals surface area (Å²) in [5, 5.41) is 14.0. The normalized spacial score (nSPS) is 5.42. The molecule has 0 aromatic heterocycles. The van der Waals surface area contributed by atoms with Gasteiger partial charge in [0, 0.05) is 14.2 Å². The maximum absolute atomic E-state index is 8.79. The van der Waals surface area contributed by atoms with Crippen molar-refractivity contribution in [1.82, 2.24) is 0 Å². The van der Waals surface area contributed by atoms with Crippen LogP contribution in [-0.2, 0) is 32.8 Å². The van der Waals surface area contributed by atoms with Gasteiger partial charge < -0.3 is 25.1 Å². The van der Waals surface area contributed by atoms with Gasteiger partial charge in [-0.25, -0.2) is 0 Å². The number of hydrogen-bond acceptors (Lipinski definition) is 3. The van der Waals surface area contributed by atoms with Gasteiger partial charge in [0.1, 0.15) is 0 Å². The minimum atomic E-state index is -1.89. The molecule has 0 saturated carbocycles. The van der Waals surface area contributed by atoms with Crippen molar-refractivity contribution in [3.63, 3.8) is 0 Å². The number of aliphatic hydroxyl groups excluding tert-OH is 2. The zero-order valence-corrected chi connectivity index (χ0v) is 19.6. The van der Waals surface area contributed by atoms with E-state index in [1.165, 1.54) is 0 Å². The fourth-order valence-electron chi connectivity index (χ4n) is 0.770. The zero-order valence-electron chi connectivity index (χ0n) is 17.8. The van der Waals surface area contributed by atoms with Crippen molar-refractivity contribution in [2.75, 3.05) is 14.2 Å². The fraction of sp³-hybridized carbons (Fsp3) is 0.300. The minimum Gasteiger partial charge on any atom is -0.358 e. The van der Waals surface area contributed by atoms with Crippen LogP contribution < -0.4 is 0 Å². The molecular weight excluding hydrogens is 377 g/mol. The van der Waals surface area contributed by atoms with Crippen molar-refractivity contribution >= 4 is 0 Å². The summed E-state index contributed by atoms with van der Waals surface area (Å²) >= 11 is -1.89. The predicted molar refractivity (Wildman–Crippen MR) is 107 cm³/mol. The Morgan fingerprint density at radius 3 is 0.625 bits per heavy atom. The molecule has 0 saturated heterocycles. The standard InChI is InChI=1S/2C6H6.2C2H6.2CH4O.2CH3.O.Y.H/c2*1-2-4-6-5-3-1;4*1-2;;;;;/h2*1-6H;2*1-2H3;2*2H,1H3;2*1H3;;;/q;;;;;;2*-1;;;/i;;;;;;;;;;1+1. The Kier molecular flexibility index (Phi) is 128. The van der Waals surface area contributed by atoms with Crippen molar-refractivity contribution in [3.05, 3.63) is 87.6 Å². The Morgan fingerprint density at radius 1 is 0.542 bits per heavy atom. The van der Waals surface area contributed by atoms with Crippen molar-refractivity contribution in [2.45, 2.75) is 27.7 Å². The third-order valence-corrected chi connectivity index (χ3v) is 1.33. The zero-order chi connectivity index (χ0) is 19.2. The summed E-state index contributed by atoms with van der Waals surface area (Å²) in [7, 11) is 2.00. The van der Waals surface area contributed by atoms with E-state index in [1.807, 2.05) is 100 Å². The van der Waals surface area contributed by atoms with E-state index < -0.39 is 30.7 Å². The molecule has 142 valence electrons. The van der Waals surface area contributed by atoms with E-state index in [9.17, 15) is 0 Å². The first kappa shape index (κ1) is 38.7. The second-order valence-corrected chi connectivity index (χ2v) is 2.31. The first-order chi connectivity index (χ1) is 11.4. The predicted octanol–water partition coefficient (Wildman–Crippen LogP) is 5.15. The molecule has 3 nitrogen and oxygen atoms in total. The van der Waals surface area contributed by atoms with E-state index in [1.54, 1.807) is 0 Å². The van der Waals surface area contributed by atoms with Gasteiger partial charge in [-0.05, 0) is 0 Å². The molecule has 0 fully saturated rings. The van der Waals surface area contributed by atoms with Gasteiger partial charge in [0.15, 0.2) is 0 Å². The van der Waals surface area contributed by atoms with E-state index in [0.717, 1.165) is 14.2 Å². The average molecular weight is 417 g/mol. The molecule has 2 N–H and O–H groups in total. The van der Waals surface area contributed by atoms with Crippen LogP contribution >= 0.6 is 0 Å². The molecule has 2 aromatic carbocycles. The SMILES string of the molecule is CC.CC.CO.CO.[2H][Y]=[O].[CH3-].[CH3-].c1ccccc1.c1ccccc1. The maximum Gasteiger partial charge on any atom is -0.0623 e. The number of benzene rings is 2. The van der Waals surface area contributed by atoms with Gasteiger partial charge in [0.25, 0.3) is 0 Å². The molecule has 0 radical (unpaired) electrons. The van der Waals surface area contributed by atoms with Crippen molar-refractivity contribution < 1.29 is 43.0 Å². The van der Waals surface area contributed by atoms with Crippen molar-refractivity contribution in [1.29, 1.82) is 0.101 Å². The molecule has 0 aliphatic heterocycles. The van der Waals surface area contributed by atoms with E-state index in [4.69, 9.17) is 12.4 Å². The third kappa shape index (κ3) is 68.8. The second kappa shape index (κ2) is 79.3. The van der Waals surface area contributed by atoms with Crippen molar-refractivity contribution in [2.24, 2.45) is 0 Å². The van der Waals surface area contributed by atoms with Crippen LogP contribution in [0.4, 0.5) is 0 Å². The largest absolute Gasteiger partial charge is 0.358 e. The molecule has 0 unspecified atom stereocenters. The summed E-state index contributed by atoms with van der Waals surface area (Å²) in [5.74, 6) is 0. The third-order valence-electron chi connectivity index (χ3n) is 1.33. The van der Waals surface area contributed by atoms with E-state index in [0.29, 0.717) is 0 Å². The summed E-state index contributed by atoms with van der Waals surface area (Å²) < 4.78 is 14.6. The molecule has 24 heavy (non-hydrogen) atoms. The summed E-state index contributed by atoms with van der Waals surface area (Å²) in [4.78, 5) is 0. The van der Waals surface area contributed by atoms with E-state index >= 15 is 0 Å². The van der Waals surface area contributed by atoms with E-state index in [-0.39, 0.29) is 14.9 Å². The average Bonchev–Trinajstić information content (AvgIpc) is 2.72. The molecule has 0 heterocycles. The molecular formula is C20H39O3Y-2. The Hall–Kier alpha value is -0.736. The van der Waals surface area contributed by atoms with Gasteiger partial charge in [-0.3, -0.25) is 0 Å². The van der Waals surface area contributed by atoms with Crippen LogP contribution in [0.5, 0.6) is 0 Å². The second-order valence-electron chi connectivity index (χ2n) is 2.31. The molecule has 0 aliphatic rings. The molecule has 0 bridgehead atoms. The van der Waals surface area contributed by atoms with Gasteiger partial charge in [-0.2, -0.15) is 0 Å². The van der Waals surface area contributed by atoms with Crippen LogP contribution in [-0.4, -0.2) is 24.5 Å². The molecule has 2 aromatic rings. The summed E-state index contributed by atoms with van der Waals surface area (Å²) in [6.07, 6.45) is 0. The monoisotopic (exact) mass is 417 g/mol. The Bertz CT molecular complexity index is 237. The van der Waals surface area contributed by atoms with Gasteiger partial charge in [0.05, 0.1) is 0 Å². The fourth-order valence-corrected chi connectivity index (χ4v) is 0.770. The van der Waals surface area contributed by atoms with Crippen LogP contribution in [0.15, 0.2) is 72.8 Å². The smallest absolute Gasteiger partial charge is 0.0623 e. The Morgan fingerprint density at radius 2 is 0.583 bits per heavy atom. The number of hydrogen-bond donors (Lipinski definition) is 2. The molecule has 0 spiro atoms. The Balaban J connectivity index is -0.0000000323. The minimum absolute atomic E-state index is 0. The molecule has 0 atom stereocenters. The topological polar surface area (TPSA) is 57.5 Å². The number of aliphatic hydroxyl groups is 2. The van der Waals surface area contributed by atoms with Crippen LogP contribution in [0.3, 0.4) is 0 Å². The molecule has 0 amide bonds. The maximum atomic E-state index is 8.79. The molecule has 2 rings (SSSR count). The quantitative estimate of drug-likeness (QED) is 0.583. The van der Waals surface area contributed by atoms with E-state index in [2.05, 4.69) is 0 Å². The van der Waals surface area contributed by atoms with Crippen LogP contribution in [0.25, 0.3) is 0 Å². The van der Waals surface area contributed by atoms with Gasteiger partial charge in [-0.15, -0.1) is 0 Å².